The van der Waals surface area contributed by atoms with Crippen LogP contribution in [0, 0.1) is 6.92 Å². The summed E-state index contributed by atoms with van der Waals surface area (Å²) in [6.45, 7) is 2.29. The molecule has 4 rings (SSSR count). The van der Waals surface area contributed by atoms with Crippen LogP contribution in [0.5, 0.6) is 5.75 Å². The predicted octanol–water partition coefficient (Wildman–Crippen LogP) is 3.40. The minimum Gasteiger partial charge on any atom is -0.497 e. The lowest BCUT2D eigenvalue weighted by atomic mass is 10.1. The lowest BCUT2D eigenvalue weighted by molar-refractivity contribution is 0.102. The molecule has 0 saturated carbocycles. The van der Waals surface area contributed by atoms with E-state index in [1.807, 2.05) is 36.6 Å². The number of H-pyrrole nitrogens is 1. The molecular formula is C20H18N4O3S. The number of rotatable bonds is 5. The Labute approximate surface area is 164 Å². The lowest BCUT2D eigenvalue weighted by Crippen LogP contribution is -2.17. The van der Waals surface area contributed by atoms with Crippen molar-refractivity contribution in [3.05, 3.63) is 75.1 Å². The van der Waals surface area contributed by atoms with Gasteiger partial charge < -0.3 is 9.72 Å². The molecule has 2 heterocycles. The van der Waals surface area contributed by atoms with E-state index in [4.69, 9.17) is 4.74 Å². The molecule has 0 aliphatic heterocycles. The minimum absolute atomic E-state index is 0.223. The second-order valence-electron chi connectivity index (χ2n) is 6.34. The molecule has 0 saturated heterocycles. The van der Waals surface area contributed by atoms with E-state index in [1.54, 1.807) is 29.9 Å². The van der Waals surface area contributed by atoms with Crippen molar-refractivity contribution >= 4 is 33.4 Å². The fourth-order valence-electron chi connectivity index (χ4n) is 2.96. The highest BCUT2D eigenvalue weighted by Crippen LogP contribution is 2.19. The quantitative estimate of drug-likeness (QED) is 0.543. The standard InChI is InChI=1S/C20H18N4O3S/c1-12-11-28-19(21-12)23-18(25)14-5-8-17-16(9-14)22-20(26)24(17)10-13-3-6-15(27-2)7-4-13/h3-9,11H,10H2,1-2H3,(H,22,26)(H,21,23,25). The summed E-state index contributed by atoms with van der Waals surface area (Å²) in [4.78, 5) is 31.9. The van der Waals surface area contributed by atoms with Crippen LogP contribution in [0.25, 0.3) is 11.0 Å². The maximum atomic E-state index is 12.5. The van der Waals surface area contributed by atoms with Crippen molar-refractivity contribution in [3.63, 3.8) is 0 Å². The first-order chi connectivity index (χ1) is 13.5. The minimum atomic E-state index is -0.264. The van der Waals surface area contributed by atoms with Gasteiger partial charge in [0.2, 0.25) is 0 Å². The van der Waals surface area contributed by atoms with Crippen LogP contribution in [0.4, 0.5) is 5.13 Å². The topological polar surface area (TPSA) is 89.0 Å². The van der Waals surface area contributed by atoms with E-state index < -0.39 is 0 Å². The zero-order valence-electron chi connectivity index (χ0n) is 15.4. The Kier molecular flexibility index (Phi) is 4.70. The van der Waals surface area contributed by atoms with Gasteiger partial charge in [0.25, 0.3) is 5.91 Å². The van der Waals surface area contributed by atoms with Crippen LogP contribution in [-0.4, -0.2) is 27.6 Å². The lowest BCUT2D eigenvalue weighted by Gasteiger charge is -2.06. The van der Waals surface area contributed by atoms with Gasteiger partial charge in [-0.15, -0.1) is 11.3 Å². The van der Waals surface area contributed by atoms with Crippen molar-refractivity contribution in [1.82, 2.24) is 14.5 Å². The molecule has 0 fully saturated rings. The van der Waals surface area contributed by atoms with Crippen LogP contribution in [0.1, 0.15) is 21.6 Å². The number of thiazole rings is 1. The number of nitrogens with zero attached hydrogens (tertiary/aromatic N) is 2. The normalized spacial score (nSPS) is 10.9. The highest BCUT2D eigenvalue weighted by atomic mass is 32.1. The van der Waals surface area contributed by atoms with E-state index in [0.29, 0.717) is 22.8 Å². The zero-order valence-corrected chi connectivity index (χ0v) is 16.2. The number of aromatic amines is 1. The molecule has 0 aliphatic carbocycles. The van der Waals surface area contributed by atoms with Gasteiger partial charge in [0.15, 0.2) is 5.13 Å². The summed E-state index contributed by atoms with van der Waals surface area (Å²) in [5.74, 6) is 0.501. The molecule has 28 heavy (non-hydrogen) atoms. The fraction of sp³-hybridized carbons (Fsp3) is 0.150. The Balaban J connectivity index is 1.60. The van der Waals surface area contributed by atoms with Gasteiger partial charge in [0.1, 0.15) is 5.75 Å². The monoisotopic (exact) mass is 394 g/mol. The number of benzene rings is 2. The number of hydrogen-bond donors (Lipinski definition) is 2. The molecule has 0 atom stereocenters. The average Bonchev–Trinajstić information content (AvgIpc) is 3.24. The zero-order chi connectivity index (χ0) is 19.7. The largest absolute Gasteiger partial charge is 0.497 e. The molecular weight excluding hydrogens is 376 g/mol. The van der Waals surface area contributed by atoms with Crippen LogP contribution in [0.2, 0.25) is 0 Å². The van der Waals surface area contributed by atoms with Crippen molar-refractivity contribution in [2.24, 2.45) is 0 Å². The third-order valence-corrected chi connectivity index (χ3v) is 5.25. The number of methoxy groups -OCH3 is 1. The van der Waals surface area contributed by atoms with Gasteiger partial charge in [-0.05, 0) is 42.8 Å². The maximum Gasteiger partial charge on any atom is 0.326 e. The van der Waals surface area contributed by atoms with Gasteiger partial charge >= 0.3 is 5.69 Å². The number of anilines is 1. The molecule has 7 nitrogen and oxygen atoms in total. The predicted molar refractivity (Wildman–Crippen MR) is 109 cm³/mol. The van der Waals surface area contributed by atoms with Crippen molar-refractivity contribution in [2.45, 2.75) is 13.5 Å². The maximum absolute atomic E-state index is 12.5. The second-order valence-corrected chi connectivity index (χ2v) is 7.20. The molecule has 0 spiro atoms. The Morgan fingerprint density at radius 2 is 2.04 bits per heavy atom. The number of ether oxygens (including phenoxy) is 1. The Morgan fingerprint density at radius 1 is 1.25 bits per heavy atom. The molecule has 0 unspecified atom stereocenters. The number of carbonyl (C=O) groups excluding carboxylic acids is 1. The molecule has 142 valence electrons. The molecule has 0 radical (unpaired) electrons. The molecule has 8 heteroatoms. The highest BCUT2D eigenvalue weighted by Gasteiger charge is 2.13. The van der Waals surface area contributed by atoms with E-state index in [1.165, 1.54) is 11.3 Å². The first-order valence-electron chi connectivity index (χ1n) is 8.62. The van der Waals surface area contributed by atoms with Gasteiger partial charge in [-0.2, -0.15) is 0 Å². The Bertz CT molecular complexity index is 1200. The van der Waals surface area contributed by atoms with E-state index >= 15 is 0 Å². The number of fused-ring (bicyclic) bond motifs is 1. The number of amides is 1. The summed E-state index contributed by atoms with van der Waals surface area (Å²) >= 11 is 1.37. The van der Waals surface area contributed by atoms with Crippen molar-refractivity contribution in [3.8, 4) is 5.75 Å². The number of aromatic nitrogens is 3. The number of imidazole rings is 1. The summed E-state index contributed by atoms with van der Waals surface area (Å²) in [6, 6.07) is 12.7. The number of aryl methyl sites for hydroxylation is 1. The third kappa shape index (κ3) is 3.54. The fourth-order valence-corrected chi connectivity index (χ4v) is 3.64. The SMILES string of the molecule is COc1ccc(Cn2c(=O)[nH]c3cc(C(=O)Nc4nc(C)cs4)ccc32)cc1. The molecule has 2 aromatic heterocycles. The molecule has 0 aliphatic rings. The van der Waals surface area contributed by atoms with Gasteiger partial charge in [-0.1, -0.05) is 12.1 Å². The number of hydrogen-bond acceptors (Lipinski definition) is 5. The molecule has 2 aromatic carbocycles. The first-order valence-corrected chi connectivity index (χ1v) is 9.50. The highest BCUT2D eigenvalue weighted by molar-refractivity contribution is 7.13. The van der Waals surface area contributed by atoms with E-state index in [-0.39, 0.29) is 11.6 Å². The van der Waals surface area contributed by atoms with Crippen LogP contribution in [0.3, 0.4) is 0 Å². The van der Waals surface area contributed by atoms with Gasteiger partial charge in [-0.25, -0.2) is 9.78 Å². The summed E-state index contributed by atoms with van der Waals surface area (Å²) in [5, 5.41) is 5.19. The van der Waals surface area contributed by atoms with E-state index in [2.05, 4.69) is 15.3 Å². The third-order valence-electron chi connectivity index (χ3n) is 4.38. The van der Waals surface area contributed by atoms with Crippen molar-refractivity contribution in [1.29, 1.82) is 0 Å². The summed E-state index contributed by atoms with van der Waals surface area (Å²) in [7, 11) is 1.61. The smallest absolute Gasteiger partial charge is 0.326 e. The van der Waals surface area contributed by atoms with Crippen LogP contribution < -0.4 is 15.7 Å². The molecule has 2 N–H and O–H groups in total. The first kappa shape index (κ1) is 18.0. The molecule has 0 bridgehead atoms. The van der Waals surface area contributed by atoms with E-state index in [9.17, 15) is 9.59 Å². The van der Waals surface area contributed by atoms with Crippen LogP contribution >= 0.6 is 11.3 Å². The van der Waals surface area contributed by atoms with E-state index in [0.717, 1.165) is 22.5 Å². The van der Waals surface area contributed by atoms with Gasteiger partial charge in [0, 0.05) is 10.9 Å². The number of nitrogens with one attached hydrogen (secondary N) is 2. The molecule has 1 amide bonds. The van der Waals surface area contributed by atoms with Crippen LogP contribution in [0.15, 0.2) is 52.6 Å². The van der Waals surface area contributed by atoms with Crippen molar-refractivity contribution in [2.75, 3.05) is 12.4 Å². The number of carbonyl (C=O) groups is 1. The Morgan fingerprint density at radius 3 is 2.71 bits per heavy atom. The summed E-state index contributed by atoms with van der Waals surface area (Å²) in [5.41, 5.74) is 3.42. The second kappa shape index (κ2) is 7.32. The Hall–Kier alpha value is -3.39. The van der Waals surface area contributed by atoms with Crippen LogP contribution in [-0.2, 0) is 6.54 Å². The average molecular weight is 394 g/mol. The summed E-state index contributed by atoms with van der Waals surface area (Å²) < 4.78 is 6.80. The summed E-state index contributed by atoms with van der Waals surface area (Å²) in [6.07, 6.45) is 0. The van der Waals surface area contributed by atoms with Crippen molar-refractivity contribution < 1.29 is 9.53 Å². The molecule has 4 aromatic rings. The van der Waals surface area contributed by atoms with Gasteiger partial charge in [0.05, 0.1) is 30.4 Å². The van der Waals surface area contributed by atoms with Gasteiger partial charge in [-0.3, -0.25) is 14.7 Å².